The molecule has 2 fully saturated rings. The van der Waals surface area contributed by atoms with Gasteiger partial charge in [0.15, 0.2) is 5.69 Å². The van der Waals surface area contributed by atoms with E-state index < -0.39 is 0 Å². The van der Waals surface area contributed by atoms with Crippen molar-refractivity contribution in [3.8, 4) is 5.69 Å². The number of rotatable bonds is 3. The Hall–Kier alpha value is -1.60. The Bertz CT molecular complexity index is 803. The molecule has 8 heteroatoms. The Morgan fingerprint density at radius 3 is 2.74 bits per heavy atom. The molecule has 2 aliphatic heterocycles. The van der Waals surface area contributed by atoms with Gasteiger partial charge in [0.25, 0.3) is 5.91 Å². The lowest BCUT2D eigenvalue weighted by Crippen LogP contribution is -2.49. The number of aromatic nitrogens is 2. The molecule has 1 aromatic heterocycles. The standard InChI is InChI=1S/C19H24ClN5O.ClH/c1-14-11-18(22-25(14)16-4-2-3-15(20)12-16)19(26)24-8-5-17(13-24)23-9-6-21-7-10-23;/h2-4,11-12,17,21H,5-10,13H2,1H3;1H. The summed E-state index contributed by atoms with van der Waals surface area (Å²) >= 11 is 6.08. The van der Waals surface area contributed by atoms with E-state index >= 15 is 0 Å². The molecule has 146 valence electrons. The van der Waals surface area contributed by atoms with Crippen LogP contribution in [0.4, 0.5) is 0 Å². The monoisotopic (exact) mass is 409 g/mol. The molecule has 2 aliphatic rings. The van der Waals surface area contributed by atoms with E-state index in [4.69, 9.17) is 11.6 Å². The first kappa shape index (κ1) is 20.1. The molecule has 1 unspecified atom stereocenters. The van der Waals surface area contributed by atoms with Gasteiger partial charge in [0.2, 0.25) is 0 Å². The highest BCUT2D eigenvalue weighted by Crippen LogP contribution is 2.21. The highest BCUT2D eigenvalue weighted by Gasteiger charge is 2.32. The number of benzene rings is 1. The van der Waals surface area contributed by atoms with Crippen LogP contribution in [0.2, 0.25) is 5.02 Å². The predicted octanol–water partition coefficient (Wildman–Crippen LogP) is 2.38. The molecule has 2 saturated heterocycles. The third-order valence-electron chi connectivity index (χ3n) is 5.28. The van der Waals surface area contributed by atoms with Crippen LogP contribution in [-0.4, -0.2) is 70.8 Å². The normalized spacial score (nSPS) is 20.5. The Balaban J connectivity index is 0.00000210. The van der Waals surface area contributed by atoms with Crippen molar-refractivity contribution in [3.05, 3.63) is 46.7 Å². The molecule has 6 nitrogen and oxygen atoms in total. The van der Waals surface area contributed by atoms with E-state index in [1.807, 2.05) is 42.2 Å². The first-order valence-corrected chi connectivity index (χ1v) is 9.56. The van der Waals surface area contributed by atoms with Crippen molar-refractivity contribution >= 4 is 29.9 Å². The zero-order valence-electron chi connectivity index (χ0n) is 15.4. The quantitative estimate of drug-likeness (QED) is 0.845. The number of piperazine rings is 1. The lowest BCUT2D eigenvalue weighted by Gasteiger charge is -2.32. The molecule has 0 aliphatic carbocycles. The number of carbonyl (C=O) groups is 1. The average molecular weight is 410 g/mol. The van der Waals surface area contributed by atoms with Gasteiger partial charge in [-0.25, -0.2) is 4.68 Å². The van der Waals surface area contributed by atoms with Crippen LogP contribution in [-0.2, 0) is 0 Å². The van der Waals surface area contributed by atoms with Crippen LogP contribution in [0, 0.1) is 6.92 Å². The first-order valence-electron chi connectivity index (χ1n) is 9.18. The minimum Gasteiger partial charge on any atom is -0.336 e. The molecule has 1 atom stereocenters. The fourth-order valence-electron chi connectivity index (χ4n) is 3.88. The van der Waals surface area contributed by atoms with E-state index in [2.05, 4.69) is 15.3 Å². The van der Waals surface area contributed by atoms with Gasteiger partial charge in [0, 0.05) is 56.0 Å². The van der Waals surface area contributed by atoms with Crippen LogP contribution in [0.3, 0.4) is 0 Å². The van der Waals surface area contributed by atoms with Crippen molar-refractivity contribution in [1.29, 1.82) is 0 Å². The number of amides is 1. The Morgan fingerprint density at radius 2 is 2.00 bits per heavy atom. The number of halogens is 2. The van der Waals surface area contributed by atoms with Gasteiger partial charge >= 0.3 is 0 Å². The summed E-state index contributed by atoms with van der Waals surface area (Å²) in [5.41, 5.74) is 2.30. The molecule has 0 bridgehead atoms. The van der Waals surface area contributed by atoms with E-state index in [0.717, 1.165) is 57.1 Å². The van der Waals surface area contributed by atoms with Crippen molar-refractivity contribution in [1.82, 2.24) is 24.9 Å². The zero-order valence-corrected chi connectivity index (χ0v) is 17.0. The molecule has 2 aromatic rings. The summed E-state index contributed by atoms with van der Waals surface area (Å²) in [6.07, 6.45) is 1.04. The van der Waals surface area contributed by atoms with E-state index in [-0.39, 0.29) is 18.3 Å². The Morgan fingerprint density at radius 1 is 1.22 bits per heavy atom. The summed E-state index contributed by atoms with van der Waals surface area (Å²) in [5.74, 6) is 0.0199. The molecule has 1 N–H and O–H groups in total. The zero-order chi connectivity index (χ0) is 18.1. The second-order valence-electron chi connectivity index (χ2n) is 7.04. The largest absolute Gasteiger partial charge is 0.336 e. The van der Waals surface area contributed by atoms with Crippen LogP contribution < -0.4 is 5.32 Å². The van der Waals surface area contributed by atoms with Gasteiger partial charge < -0.3 is 10.2 Å². The van der Waals surface area contributed by atoms with Gasteiger partial charge in [-0.05, 0) is 37.6 Å². The number of carbonyl (C=O) groups excluding carboxylic acids is 1. The average Bonchev–Trinajstić information content (AvgIpc) is 3.29. The minimum atomic E-state index is 0. The number of nitrogens with one attached hydrogen (secondary N) is 1. The summed E-state index contributed by atoms with van der Waals surface area (Å²) in [5, 5.41) is 8.58. The third-order valence-corrected chi connectivity index (χ3v) is 5.51. The number of likely N-dealkylation sites (tertiary alicyclic amines) is 1. The summed E-state index contributed by atoms with van der Waals surface area (Å²) < 4.78 is 1.78. The van der Waals surface area contributed by atoms with Crippen LogP contribution in [0.25, 0.3) is 5.69 Å². The maximum Gasteiger partial charge on any atom is 0.274 e. The highest BCUT2D eigenvalue weighted by molar-refractivity contribution is 6.30. The van der Waals surface area contributed by atoms with E-state index in [1.54, 1.807) is 4.68 Å². The van der Waals surface area contributed by atoms with Crippen molar-refractivity contribution < 1.29 is 4.79 Å². The number of hydrogen-bond donors (Lipinski definition) is 1. The van der Waals surface area contributed by atoms with Crippen LogP contribution in [0.1, 0.15) is 22.6 Å². The van der Waals surface area contributed by atoms with Gasteiger partial charge in [0.1, 0.15) is 0 Å². The molecule has 0 spiro atoms. The molecule has 0 radical (unpaired) electrons. The summed E-state index contributed by atoms with van der Waals surface area (Å²) in [7, 11) is 0. The molecule has 3 heterocycles. The lowest BCUT2D eigenvalue weighted by atomic mass is 10.2. The topological polar surface area (TPSA) is 53.4 Å². The van der Waals surface area contributed by atoms with Crippen molar-refractivity contribution in [2.45, 2.75) is 19.4 Å². The first-order chi connectivity index (χ1) is 12.6. The molecule has 4 rings (SSSR count). The SMILES string of the molecule is Cc1cc(C(=O)N2CCC(N3CCNCC3)C2)nn1-c1cccc(Cl)c1.Cl. The maximum atomic E-state index is 12.9. The Labute approximate surface area is 170 Å². The smallest absolute Gasteiger partial charge is 0.274 e. The summed E-state index contributed by atoms with van der Waals surface area (Å²) in [4.78, 5) is 17.4. The number of hydrogen-bond acceptors (Lipinski definition) is 4. The van der Waals surface area contributed by atoms with Crippen molar-refractivity contribution in [2.75, 3.05) is 39.3 Å². The predicted molar refractivity (Wildman–Crippen MR) is 109 cm³/mol. The van der Waals surface area contributed by atoms with Gasteiger partial charge in [0.05, 0.1) is 5.69 Å². The molecule has 1 aromatic carbocycles. The molecule has 1 amide bonds. The third kappa shape index (κ3) is 4.29. The van der Waals surface area contributed by atoms with Gasteiger partial charge in [-0.3, -0.25) is 9.69 Å². The van der Waals surface area contributed by atoms with E-state index in [1.165, 1.54) is 0 Å². The van der Waals surface area contributed by atoms with Gasteiger partial charge in [-0.2, -0.15) is 5.10 Å². The summed E-state index contributed by atoms with van der Waals surface area (Å²) in [6, 6.07) is 9.84. The van der Waals surface area contributed by atoms with Gasteiger partial charge in [-0.15, -0.1) is 12.4 Å². The van der Waals surface area contributed by atoms with Crippen LogP contribution in [0.15, 0.2) is 30.3 Å². The second-order valence-corrected chi connectivity index (χ2v) is 7.48. The number of aryl methyl sites for hydroxylation is 1. The van der Waals surface area contributed by atoms with E-state index in [0.29, 0.717) is 16.8 Å². The van der Waals surface area contributed by atoms with E-state index in [9.17, 15) is 4.79 Å². The lowest BCUT2D eigenvalue weighted by molar-refractivity contribution is 0.0767. The fourth-order valence-corrected chi connectivity index (χ4v) is 4.07. The second kappa shape index (κ2) is 8.61. The molecule has 27 heavy (non-hydrogen) atoms. The molecular weight excluding hydrogens is 385 g/mol. The summed E-state index contributed by atoms with van der Waals surface area (Å²) in [6.45, 7) is 7.75. The van der Waals surface area contributed by atoms with Crippen LogP contribution >= 0.6 is 24.0 Å². The highest BCUT2D eigenvalue weighted by atomic mass is 35.5. The van der Waals surface area contributed by atoms with Gasteiger partial charge in [-0.1, -0.05) is 17.7 Å². The number of nitrogens with zero attached hydrogens (tertiary/aromatic N) is 4. The van der Waals surface area contributed by atoms with Crippen LogP contribution in [0.5, 0.6) is 0 Å². The minimum absolute atomic E-state index is 0. The molecular formula is C19H25Cl2N5O. The maximum absolute atomic E-state index is 12.9. The fraction of sp³-hybridized carbons (Fsp3) is 0.474. The molecule has 0 saturated carbocycles. The Kier molecular flexibility index (Phi) is 6.42. The van der Waals surface area contributed by atoms with Crippen molar-refractivity contribution in [3.63, 3.8) is 0 Å². The van der Waals surface area contributed by atoms with Crippen molar-refractivity contribution in [2.24, 2.45) is 0 Å².